The van der Waals surface area contributed by atoms with Crippen molar-refractivity contribution in [3.05, 3.63) is 35.9 Å². The van der Waals surface area contributed by atoms with Crippen LogP contribution in [-0.4, -0.2) is 183 Å². The van der Waals surface area contributed by atoms with Crippen LogP contribution in [0.5, 0.6) is 0 Å². The average molecular weight is 794 g/mol. The largest absolute Gasteiger partial charge is 0.458 e. The monoisotopic (exact) mass is 793 g/mol. The minimum atomic E-state index is -0.517. The fourth-order valence-corrected chi connectivity index (χ4v) is 3.94. The summed E-state index contributed by atoms with van der Waals surface area (Å²) in [7, 11) is 0. The van der Waals surface area contributed by atoms with Gasteiger partial charge in [-0.1, -0.05) is 30.3 Å². The minimum Gasteiger partial charge on any atom is -0.458 e. The first-order valence-corrected chi connectivity index (χ1v) is 19.0. The predicted molar refractivity (Wildman–Crippen MR) is 200 cm³/mol. The lowest BCUT2D eigenvalue weighted by atomic mass is 10.2. The average Bonchev–Trinajstić information content (AvgIpc) is 3.16. The molecular weight excluding hydrogens is 726 g/mol. The molecule has 17 nitrogen and oxygen atoms in total. The summed E-state index contributed by atoms with van der Waals surface area (Å²) in [4.78, 5) is 23.2. The number of carbonyl (C=O) groups excluding carboxylic acids is 2. The van der Waals surface area contributed by atoms with E-state index in [1.165, 1.54) is 0 Å². The van der Waals surface area contributed by atoms with Gasteiger partial charge in [0.2, 0.25) is 0 Å². The van der Waals surface area contributed by atoms with Crippen LogP contribution in [0.2, 0.25) is 0 Å². The molecule has 0 aliphatic carbocycles. The second-order valence-corrected chi connectivity index (χ2v) is 12.4. The lowest BCUT2D eigenvalue weighted by Gasteiger charge is -2.19. The first kappa shape index (κ1) is 50.5. The molecule has 1 aromatic carbocycles. The Labute approximate surface area is 327 Å². The quantitative estimate of drug-likeness (QED) is 0.0757. The minimum absolute atomic E-state index is 0.0889. The standard InChI is InChI=1S/C38H67NO16/c1-38(2,3)55-36(40)34-53-32-31-52-30-29-51-28-27-50-26-25-49-24-23-48-22-21-47-20-19-46-18-17-45-16-15-44-14-13-43-12-11-42-10-9-39-37(41)54-33-35-7-5-4-6-8-35/h4-8H,9-34H2,1-3H3,(H,39,41). The highest BCUT2D eigenvalue weighted by molar-refractivity contribution is 5.71. The number of esters is 1. The van der Waals surface area contributed by atoms with Gasteiger partial charge in [0.05, 0.1) is 152 Å². The highest BCUT2D eigenvalue weighted by Crippen LogP contribution is 2.06. The van der Waals surface area contributed by atoms with Gasteiger partial charge in [-0.3, -0.25) is 0 Å². The summed E-state index contributed by atoms with van der Waals surface area (Å²) in [6.07, 6.45) is -0.474. The third-order valence-electron chi connectivity index (χ3n) is 6.46. The van der Waals surface area contributed by atoms with Crippen LogP contribution in [0.3, 0.4) is 0 Å². The van der Waals surface area contributed by atoms with Gasteiger partial charge in [-0.15, -0.1) is 0 Å². The van der Waals surface area contributed by atoms with Gasteiger partial charge in [-0.2, -0.15) is 0 Å². The summed E-state index contributed by atoms with van der Waals surface area (Å²) < 4.78 is 75.5. The van der Waals surface area contributed by atoms with E-state index in [0.717, 1.165) is 5.56 Å². The molecule has 0 heterocycles. The number of benzene rings is 1. The summed E-state index contributed by atoms with van der Waals surface area (Å²) in [5, 5.41) is 2.64. The molecule has 1 aromatic rings. The number of ether oxygens (including phenoxy) is 14. The molecule has 0 bridgehead atoms. The van der Waals surface area contributed by atoms with Crippen molar-refractivity contribution in [1.29, 1.82) is 0 Å². The Morgan fingerprint density at radius 3 is 1.09 bits per heavy atom. The maximum atomic E-state index is 11.7. The summed E-state index contributed by atoms with van der Waals surface area (Å²) in [5.41, 5.74) is 0.417. The zero-order valence-corrected chi connectivity index (χ0v) is 33.3. The Morgan fingerprint density at radius 1 is 0.455 bits per heavy atom. The number of rotatable bonds is 40. The normalized spacial score (nSPS) is 11.5. The third-order valence-corrected chi connectivity index (χ3v) is 6.46. The molecule has 1 amide bonds. The van der Waals surface area contributed by atoms with E-state index in [9.17, 15) is 9.59 Å². The van der Waals surface area contributed by atoms with Gasteiger partial charge in [-0.05, 0) is 26.3 Å². The van der Waals surface area contributed by atoms with E-state index in [4.69, 9.17) is 66.3 Å². The summed E-state index contributed by atoms with van der Waals surface area (Å²) in [5.74, 6) is -0.391. The molecule has 0 unspecified atom stereocenters. The Morgan fingerprint density at radius 2 is 0.764 bits per heavy atom. The van der Waals surface area contributed by atoms with Gasteiger partial charge in [0.15, 0.2) is 0 Å². The van der Waals surface area contributed by atoms with Crippen molar-refractivity contribution in [3.63, 3.8) is 0 Å². The Balaban J connectivity index is 1.64. The van der Waals surface area contributed by atoms with Crippen LogP contribution in [0.15, 0.2) is 30.3 Å². The second-order valence-electron chi connectivity index (χ2n) is 12.4. The van der Waals surface area contributed by atoms with Gasteiger partial charge in [0, 0.05) is 6.54 Å². The molecular formula is C38H67NO16. The zero-order valence-electron chi connectivity index (χ0n) is 33.3. The molecule has 0 atom stereocenters. The first-order chi connectivity index (χ1) is 26.9. The predicted octanol–water partition coefficient (Wildman–Crippen LogP) is 2.45. The van der Waals surface area contributed by atoms with Crippen molar-refractivity contribution in [3.8, 4) is 0 Å². The van der Waals surface area contributed by atoms with Crippen LogP contribution in [0.1, 0.15) is 26.3 Å². The fraction of sp³-hybridized carbons (Fsp3) is 0.789. The smallest absolute Gasteiger partial charge is 0.407 e. The number of hydrogen-bond donors (Lipinski definition) is 1. The number of hydrogen-bond acceptors (Lipinski definition) is 16. The Hall–Kier alpha value is -2.52. The third kappa shape index (κ3) is 39.5. The Kier molecular flexibility index (Phi) is 35.2. The van der Waals surface area contributed by atoms with Crippen LogP contribution in [0.4, 0.5) is 4.79 Å². The molecule has 0 radical (unpaired) electrons. The summed E-state index contributed by atoms with van der Waals surface area (Å²) in [6, 6.07) is 9.49. The van der Waals surface area contributed by atoms with Crippen molar-refractivity contribution >= 4 is 12.1 Å². The molecule has 0 saturated carbocycles. The number of alkyl carbamates (subject to hydrolysis) is 1. The van der Waals surface area contributed by atoms with Crippen molar-refractivity contribution in [2.24, 2.45) is 0 Å². The highest BCUT2D eigenvalue weighted by Gasteiger charge is 2.15. The highest BCUT2D eigenvalue weighted by atomic mass is 16.6. The van der Waals surface area contributed by atoms with Gasteiger partial charge in [0.25, 0.3) is 0 Å². The lowest BCUT2D eigenvalue weighted by molar-refractivity contribution is -0.160. The van der Waals surface area contributed by atoms with E-state index in [0.29, 0.717) is 159 Å². The number of amides is 1. The van der Waals surface area contributed by atoms with Gasteiger partial charge in [0.1, 0.15) is 18.8 Å². The van der Waals surface area contributed by atoms with Gasteiger partial charge in [-0.25, -0.2) is 9.59 Å². The van der Waals surface area contributed by atoms with Crippen molar-refractivity contribution < 1.29 is 75.9 Å². The molecule has 320 valence electrons. The van der Waals surface area contributed by atoms with E-state index in [-0.39, 0.29) is 13.2 Å². The van der Waals surface area contributed by atoms with Crippen LogP contribution in [-0.2, 0) is 77.7 Å². The van der Waals surface area contributed by atoms with Gasteiger partial charge < -0.3 is 71.6 Å². The van der Waals surface area contributed by atoms with Crippen LogP contribution in [0.25, 0.3) is 0 Å². The fourth-order valence-electron chi connectivity index (χ4n) is 3.94. The maximum absolute atomic E-state index is 11.7. The van der Waals surface area contributed by atoms with Crippen LogP contribution >= 0.6 is 0 Å². The number of carbonyl (C=O) groups is 2. The maximum Gasteiger partial charge on any atom is 0.407 e. The second kappa shape index (κ2) is 38.4. The summed E-state index contributed by atoms with van der Waals surface area (Å²) >= 11 is 0. The molecule has 1 rings (SSSR count). The van der Waals surface area contributed by atoms with Crippen molar-refractivity contribution in [2.75, 3.05) is 165 Å². The molecule has 0 aliphatic rings. The molecule has 17 heteroatoms. The molecule has 0 aromatic heterocycles. The van der Waals surface area contributed by atoms with Crippen LogP contribution in [0, 0.1) is 0 Å². The molecule has 0 fully saturated rings. The SMILES string of the molecule is CC(C)(C)OC(=O)COCCOCCOCCOCCOCCOCCOCCOCCOCCOCCOCCOCCNC(=O)OCc1ccccc1. The van der Waals surface area contributed by atoms with Gasteiger partial charge >= 0.3 is 12.1 Å². The van der Waals surface area contributed by atoms with E-state index in [1.54, 1.807) is 0 Å². The Bertz CT molecular complexity index is 985. The van der Waals surface area contributed by atoms with Crippen molar-refractivity contribution in [1.82, 2.24) is 5.32 Å². The van der Waals surface area contributed by atoms with E-state index >= 15 is 0 Å². The summed E-state index contributed by atoms with van der Waals surface area (Å²) in [6.45, 7) is 16.4. The molecule has 0 saturated heterocycles. The van der Waals surface area contributed by atoms with E-state index in [1.807, 2.05) is 51.1 Å². The number of nitrogens with one attached hydrogen (secondary N) is 1. The molecule has 0 aliphatic heterocycles. The van der Waals surface area contributed by atoms with E-state index < -0.39 is 17.7 Å². The molecule has 1 N–H and O–H groups in total. The zero-order chi connectivity index (χ0) is 39.8. The van der Waals surface area contributed by atoms with Crippen LogP contribution < -0.4 is 5.32 Å². The van der Waals surface area contributed by atoms with Crippen molar-refractivity contribution in [2.45, 2.75) is 33.0 Å². The lowest BCUT2D eigenvalue weighted by Crippen LogP contribution is -2.28. The molecule has 55 heavy (non-hydrogen) atoms. The topological polar surface area (TPSA) is 175 Å². The first-order valence-electron chi connectivity index (χ1n) is 19.0. The van der Waals surface area contributed by atoms with E-state index in [2.05, 4.69) is 5.32 Å². The molecule has 0 spiro atoms.